The second kappa shape index (κ2) is 7.68. The Morgan fingerprint density at radius 1 is 0.960 bits per heavy atom. The molecule has 0 aromatic carbocycles. The van der Waals surface area contributed by atoms with Crippen LogP contribution in [0.25, 0.3) is 0 Å². The monoisotopic (exact) mass is 343 g/mol. The summed E-state index contributed by atoms with van der Waals surface area (Å²) in [6.07, 6.45) is 12.3. The summed E-state index contributed by atoms with van der Waals surface area (Å²) < 4.78 is 0. The molecule has 3 saturated heterocycles. The van der Waals surface area contributed by atoms with Crippen LogP contribution in [-0.4, -0.2) is 71.0 Å². The Bertz CT molecular complexity index is 566. The molecule has 6 nitrogen and oxygen atoms in total. The minimum atomic E-state index is 0.227. The maximum atomic E-state index is 12.7. The van der Waals surface area contributed by atoms with Crippen molar-refractivity contribution >= 4 is 11.7 Å². The van der Waals surface area contributed by atoms with E-state index in [1.807, 2.05) is 6.20 Å². The summed E-state index contributed by atoms with van der Waals surface area (Å²) in [6.45, 7) is 6.14. The highest BCUT2D eigenvalue weighted by molar-refractivity contribution is 5.79. The van der Waals surface area contributed by atoms with Crippen molar-refractivity contribution in [1.29, 1.82) is 0 Å². The van der Waals surface area contributed by atoms with E-state index in [1.54, 1.807) is 12.4 Å². The quantitative estimate of drug-likeness (QED) is 0.837. The summed E-state index contributed by atoms with van der Waals surface area (Å²) in [5.74, 6) is 1.63. The molecule has 3 aliphatic heterocycles. The highest BCUT2D eigenvalue weighted by Gasteiger charge is 2.34. The molecule has 25 heavy (non-hydrogen) atoms. The molecule has 0 N–H and O–H groups in total. The zero-order valence-electron chi connectivity index (χ0n) is 15.0. The van der Waals surface area contributed by atoms with Gasteiger partial charge in [-0.05, 0) is 45.1 Å². The molecule has 1 atom stereocenters. The molecule has 3 aliphatic rings. The Morgan fingerprint density at radius 2 is 1.76 bits per heavy atom. The van der Waals surface area contributed by atoms with E-state index in [-0.39, 0.29) is 5.92 Å². The molecule has 3 fully saturated rings. The third-order valence-corrected chi connectivity index (χ3v) is 6.07. The second-order valence-corrected chi connectivity index (χ2v) is 7.65. The number of aromatic nitrogens is 2. The number of nitrogens with zero attached hydrogens (tertiary/aromatic N) is 5. The first-order chi connectivity index (χ1) is 12.3. The highest BCUT2D eigenvalue weighted by Crippen LogP contribution is 2.27. The number of piperidine rings is 2. The molecule has 0 spiro atoms. The van der Waals surface area contributed by atoms with Crippen molar-refractivity contribution in [2.75, 3.05) is 44.2 Å². The topological polar surface area (TPSA) is 52.6 Å². The molecule has 1 amide bonds. The van der Waals surface area contributed by atoms with Gasteiger partial charge in [0.25, 0.3) is 0 Å². The average Bonchev–Trinajstić information content (AvgIpc) is 3.23. The van der Waals surface area contributed by atoms with Gasteiger partial charge in [-0.2, -0.15) is 0 Å². The van der Waals surface area contributed by atoms with E-state index in [0.29, 0.717) is 11.9 Å². The van der Waals surface area contributed by atoms with E-state index in [1.165, 1.54) is 12.8 Å². The third kappa shape index (κ3) is 3.78. The van der Waals surface area contributed by atoms with Gasteiger partial charge in [0.2, 0.25) is 5.91 Å². The molecular formula is C19H29N5O. The molecule has 0 unspecified atom stereocenters. The fraction of sp³-hybridized carbons (Fsp3) is 0.737. The number of carbonyl (C=O) groups excluding carboxylic acids is 1. The van der Waals surface area contributed by atoms with Crippen molar-refractivity contribution in [2.45, 2.75) is 44.6 Å². The average molecular weight is 343 g/mol. The normalized spacial score (nSPS) is 26.2. The fourth-order valence-electron chi connectivity index (χ4n) is 4.65. The first-order valence-electron chi connectivity index (χ1n) is 9.85. The van der Waals surface area contributed by atoms with Crippen LogP contribution >= 0.6 is 0 Å². The largest absolute Gasteiger partial charge is 0.355 e. The third-order valence-electron chi connectivity index (χ3n) is 6.07. The molecule has 0 radical (unpaired) electrons. The second-order valence-electron chi connectivity index (χ2n) is 7.65. The predicted octanol–water partition coefficient (Wildman–Crippen LogP) is 1.78. The molecule has 6 heteroatoms. The minimum Gasteiger partial charge on any atom is -0.355 e. The number of hydrogen-bond donors (Lipinski definition) is 0. The summed E-state index contributed by atoms with van der Waals surface area (Å²) in [7, 11) is 0. The van der Waals surface area contributed by atoms with Gasteiger partial charge < -0.3 is 9.80 Å². The fourth-order valence-corrected chi connectivity index (χ4v) is 4.65. The van der Waals surface area contributed by atoms with Crippen LogP contribution in [0.4, 0.5) is 5.82 Å². The molecule has 0 aliphatic carbocycles. The van der Waals surface area contributed by atoms with E-state index in [9.17, 15) is 4.79 Å². The number of amides is 1. The van der Waals surface area contributed by atoms with E-state index in [2.05, 4.69) is 24.7 Å². The zero-order chi connectivity index (χ0) is 17.1. The maximum absolute atomic E-state index is 12.7. The summed E-state index contributed by atoms with van der Waals surface area (Å²) in [6, 6.07) is 0.613. The van der Waals surface area contributed by atoms with Gasteiger partial charge in [0.1, 0.15) is 5.82 Å². The number of carbonyl (C=O) groups is 1. The molecule has 1 aromatic heterocycles. The molecular weight excluding hydrogens is 314 g/mol. The summed E-state index contributed by atoms with van der Waals surface area (Å²) >= 11 is 0. The first kappa shape index (κ1) is 16.8. The van der Waals surface area contributed by atoms with Crippen LogP contribution < -0.4 is 4.90 Å². The number of rotatable bonds is 3. The van der Waals surface area contributed by atoms with Crippen molar-refractivity contribution < 1.29 is 4.79 Å². The van der Waals surface area contributed by atoms with Crippen molar-refractivity contribution in [3.05, 3.63) is 18.6 Å². The predicted molar refractivity (Wildman–Crippen MR) is 97.4 cm³/mol. The van der Waals surface area contributed by atoms with Gasteiger partial charge in [0.15, 0.2) is 0 Å². The van der Waals surface area contributed by atoms with E-state index < -0.39 is 0 Å². The van der Waals surface area contributed by atoms with Gasteiger partial charge in [-0.25, -0.2) is 4.98 Å². The molecule has 4 heterocycles. The Labute approximate surface area is 150 Å². The van der Waals surface area contributed by atoms with E-state index in [0.717, 1.165) is 70.8 Å². The standard InChI is InChI=1S/C19H29N5O/c25-19(23-9-1-2-10-23)16-4-3-11-24(15-16)17-5-12-22(13-6-17)18-14-20-7-8-21-18/h7-8,14,16-17H,1-6,9-13,15H2/t16-/m1/s1. The molecule has 1 aromatic rings. The van der Waals surface area contributed by atoms with Crippen LogP contribution in [0, 0.1) is 5.92 Å². The Morgan fingerprint density at radius 3 is 2.48 bits per heavy atom. The van der Waals surface area contributed by atoms with Gasteiger partial charge >= 0.3 is 0 Å². The minimum absolute atomic E-state index is 0.227. The molecule has 4 rings (SSSR count). The van der Waals surface area contributed by atoms with Crippen molar-refractivity contribution in [1.82, 2.24) is 19.8 Å². The van der Waals surface area contributed by atoms with Crippen LogP contribution in [0.15, 0.2) is 18.6 Å². The smallest absolute Gasteiger partial charge is 0.226 e. The van der Waals surface area contributed by atoms with Crippen LogP contribution in [0.3, 0.4) is 0 Å². The van der Waals surface area contributed by atoms with Gasteiger partial charge in [-0.15, -0.1) is 0 Å². The number of anilines is 1. The summed E-state index contributed by atoms with van der Waals surface area (Å²) in [5.41, 5.74) is 0. The van der Waals surface area contributed by atoms with Gasteiger partial charge in [0.05, 0.1) is 12.1 Å². The highest BCUT2D eigenvalue weighted by atomic mass is 16.2. The lowest BCUT2D eigenvalue weighted by molar-refractivity contribution is -0.136. The van der Waals surface area contributed by atoms with Crippen LogP contribution in [0.1, 0.15) is 38.5 Å². The summed E-state index contributed by atoms with van der Waals surface area (Å²) in [5, 5.41) is 0. The van der Waals surface area contributed by atoms with Gasteiger partial charge in [-0.3, -0.25) is 14.7 Å². The van der Waals surface area contributed by atoms with Crippen molar-refractivity contribution in [3.8, 4) is 0 Å². The SMILES string of the molecule is O=C([C@@H]1CCCN(C2CCN(c3cnccn3)CC2)C1)N1CCCC1. The molecule has 136 valence electrons. The first-order valence-corrected chi connectivity index (χ1v) is 9.85. The Kier molecular flexibility index (Phi) is 5.15. The van der Waals surface area contributed by atoms with Crippen LogP contribution in [-0.2, 0) is 4.79 Å². The van der Waals surface area contributed by atoms with Crippen LogP contribution in [0.2, 0.25) is 0 Å². The summed E-state index contributed by atoms with van der Waals surface area (Å²) in [4.78, 5) is 28.4. The van der Waals surface area contributed by atoms with Crippen molar-refractivity contribution in [3.63, 3.8) is 0 Å². The lowest BCUT2D eigenvalue weighted by Gasteiger charge is -2.42. The van der Waals surface area contributed by atoms with Gasteiger partial charge in [-0.1, -0.05) is 0 Å². The Hall–Kier alpha value is -1.69. The van der Waals surface area contributed by atoms with Crippen LogP contribution in [0.5, 0.6) is 0 Å². The van der Waals surface area contributed by atoms with Gasteiger partial charge in [0, 0.05) is 51.2 Å². The number of hydrogen-bond acceptors (Lipinski definition) is 5. The molecule has 0 saturated carbocycles. The lowest BCUT2D eigenvalue weighted by Crippen LogP contribution is -2.51. The molecule has 0 bridgehead atoms. The van der Waals surface area contributed by atoms with Crippen molar-refractivity contribution in [2.24, 2.45) is 5.92 Å². The zero-order valence-corrected chi connectivity index (χ0v) is 15.0. The van der Waals surface area contributed by atoms with E-state index >= 15 is 0 Å². The maximum Gasteiger partial charge on any atom is 0.226 e. The van der Waals surface area contributed by atoms with E-state index in [4.69, 9.17) is 0 Å². The lowest BCUT2D eigenvalue weighted by atomic mass is 9.93. The Balaban J connectivity index is 1.31. The number of likely N-dealkylation sites (tertiary alicyclic amines) is 2.